The second-order valence-corrected chi connectivity index (χ2v) is 5.10. The van der Waals surface area contributed by atoms with Crippen molar-refractivity contribution in [1.29, 1.82) is 0 Å². The van der Waals surface area contributed by atoms with Gasteiger partial charge in [0.15, 0.2) is 6.61 Å². The second kappa shape index (κ2) is 7.90. The molecule has 3 amide bonds. The first-order valence-electron chi connectivity index (χ1n) is 6.90. The highest BCUT2D eigenvalue weighted by Gasteiger charge is 2.20. The maximum absolute atomic E-state index is 11.8. The molecule has 0 fully saturated rings. The lowest BCUT2D eigenvalue weighted by molar-refractivity contribution is -0.384. The van der Waals surface area contributed by atoms with Crippen LogP contribution in [0.1, 0.15) is 18.1 Å². The molecule has 0 aliphatic rings. The number of nitro groups is 1. The predicted molar refractivity (Wildman–Crippen MR) is 84.3 cm³/mol. The quantitative estimate of drug-likeness (QED) is 0.395. The van der Waals surface area contributed by atoms with Crippen LogP contribution in [0.25, 0.3) is 0 Å². The Labute approximate surface area is 137 Å². The molecule has 1 atom stereocenters. The highest BCUT2D eigenvalue weighted by molar-refractivity contribution is 5.95. The van der Waals surface area contributed by atoms with Crippen molar-refractivity contribution in [3.63, 3.8) is 0 Å². The Morgan fingerprint density at radius 1 is 1.29 bits per heavy atom. The first kappa shape index (κ1) is 18.9. The SMILES string of the molecule is Cc1cc(NC(=O)COC(=O)C(C)NC(N)=O)c([N+](=O)[O-])cc1C. The number of benzene rings is 1. The van der Waals surface area contributed by atoms with E-state index in [2.05, 4.69) is 10.6 Å². The van der Waals surface area contributed by atoms with Gasteiger partial charge in [-0.3, -0.25) is 14.9 Å². The van der Waals surface area contributed by atoms with Gasteiger partial charge in [-0.05, 0) is 38.0 Å². The molecular formula is C14H18N4O6. The molecule has 10 nitrogen and oxygen atoms in total. The first-order chi connectivity index (χ1) is 11.1. The van der Waals surface area contributed by atoms with E-state index in [9.17, 15) is 24.5 Å². The third kappa shape index (κ3) is 5.23. The van der Waals surface area contributed by atoms with Crippen LogP contribution in [-0.2, 0) is 14.3 Å². The highest BCUT2D eigenvalue weighted by Crippen LogP contribution is 2.27. The monoisotopic (exact) mass is 338 g/mol. The van der Waals surface area contributed by atoms with E-state index in [0.717, 1.165) is 5.56 Å². The molecule has 0 aliphatic heterocycles. The summed E-state index contributed by atoms with van der Waals surface area (Å²) in [5.74, 6) is -1.61. The van der Waals surface area contributed by atoms with Crippen molar-refractivity contribution in [3.05, 3.63) is 33.4 Å². The van der Waals surface area contributed by atoms with E-state index < -0.39 is 35.5 Å². The number of hydrogen-bond acceptors (Lipinski definition) is 6. The Hall–Kier alpha value is -3.17. The summed E-state index contributed by atoms with van der Waals surface area (Å²) >= 11 is 0. The number of carbonyl (C=O) groups is 3. The smallest absolute Gasteiger partial charge is 0.328 e. The zero-order chi connectivity index (χ0) is 18.4. The van der Waals surface area contributed by atoms with Crippen LogP contribution in [0.5, 0.6) is 0 Å². The molecule has 0 heterocycles. The van der Waals surface area contributed by atoms with Crippen LogP contribution in [0.2, 0.25) is 0 Å². The maximum Gasteiger partial charge on any atom is 0.328 e. The molecule has 1 aromatic carbocycles. The summed E-state index contributed by atoms with van der Waals surface area (Å²) in [6, 6.07) is 0.876. The predicted octanol–water partition coefficient (Wildman–Crippen LogP) is 0.750. The van der Waals surface area contributed by atoms with Gasteiger partial charge < -0.3 is 21.1 Å². The number of esters is 1. The zero-order valence-electron chi connectivity index (χ0n) is 13.4. The Morgan fingerprint density at radius 3 is 2.42 bits per heavy atom. The molecule has 10 heteroatoms. The molecule has 0 aliphatic carbocycles. The van der Waals surface area contributed by atoms with Gasteiger partial charge >= 0.3 is 12.0 Å². The average Bonchev–Trinajstić information content (AvgIpc) is 2.47. The minimum atomic E-state index is -1.02. The fourth-order valence-corrected chi connectivity index (χ4v) is 1.77. The molecular weight excluding hydrogens is 320 g/mol. The molecule has 1 unspecified atom stereocenters. The number of urea groups is 1. The van der Waals surface area contributed by atoms with Gasteiger partial charge in [-0.15, -0.1) is 0 Å². The third-order valence-electron chi connectivity index (χ3n) is 3.14. The van der Waals surface area contributed by atoms with Gasteiger partial charge in [0, 0.05) is 6.07 Å². The van der Waals surface area contributed by atoms with Crippen molar-refractivity contribution in [1.82, 2.24) is 5.32 Å². The molecule has 24 heavy (non-hydrogen) atoms. The van der Waals surface area contributed by atoms with Crippen LogP contribution in [0.3, 0.4) is 0 Å². The second-order valence-electron chi connectivity index (χ2n) is 5.10. The number of rotatable bonds is 6. The van der Waals surface area contributed by atoms with Gasteiger partial charge in [-0.2, -0.15) is 0 Å². The first-order valence-corrected chi connectivity index (χ1v) is 6.90. The van der Waals surface area contributed by atoms with Gasteiger partial charge in [-0.25, -0.2) is 9.59 Å². The average molecular weight is 338 g/mol. The number of primary amides is 1. The largest absolute Gasteiger partial charge is 0.454 e. The van der Waals surface area contributed by atoms with Crippen LogP contribution in [0.4, 0.5) is 16.2 Å². The summed E-state index contributed by atoms with van der Waals surface area (Å²) in [4.78, 5) is 44.4. The van der Waals surface area contributed by atoms with Crippen LogP contribution in [0.15, 0.2) is 12.1 Å². The zero-order valence-corrected chi connectivity index (χ0v) is 13.4. The Balaban J connectivity index is 2.72. The number of nitrogens with two attached hydrogens (primary N) is 1. The van der Waals surface area contributed by atoms with Crippen molar-refractivity contribution < 1.29 is 24.0 Å². The number of ether oxygens (including phenoxy) is 1. The third-order valence-corrected chi connectivity index (χ3v) is 3.14. The van der Waals surface area contributed by atoms with Crippen molar-refractivity contribution in [2.24, 2.45) is 5.73 Å². The van der Waals surface area contributed by atoms with E-state index >= 15 is 0 Å². The molecule has 0 saturated carbocycles. The van der Waals surface area contributed by atoms with Crippen molar-refractivity contribution in [2.45, 2.75) is 26.8 Å². The number of anilines is 1. The lowest BCUT2D eigenvalue weighted by Gasteiger charge is -2.12. The van der Waals surface area contributed by atoms with E-state index in [1.165, 1.54) is 19.1 Å². The minimum absolute atomic E-state index is 0.00691. The molecule has 4 N–H and O–H groups in total. The number of amides is 3. The summed E-state index contributed by atoms with van der Waals surface area (Å²) in [6.45, 7) is 4.13. The fraction of sp³-hybridized carbons (Fsp3) is 0.357. The fourth-order valence-electron chi connectivity index (χ4n) is 1.77. The minimum Gasteiger partial charge on any atom is -0.454 e. The van der Waals surface area contributed by atoms with Gasteiger partial charge in [0.2, 0.25) is 0 Å². The summed E-state index contributed by atoms with van der Waals surface area (Å²) in [5.41, 5.74) is 6.07. The van der Waals surface area contributed by atoms with Crippen LogP contribution >= 0.6 is 0 Å². The van der Waals surface area contributed by atoms with E-state index in [1.807, 2.05) is 0 Å². The molecule has 1 rings (SSSR count). The number of aryl methyl sites for hydroxylation is 2. The Bertz CT molecular complexity index is 688. The van der Waals surface area contributed by atoms with E-state index in [0.29, 0.717) is 5.56 Å². The molecule has 130 valence electrons. The van der Waals surface area contributed by atoms with E-state index in [4.69, 9.17) is 10.5 Å². The lowest BCUT2D eigenvalue weighted by atomic mass is 10.1. The summed E-state index contributed by atoms with van der Waals surface area (Å²) < 4.78 is 4.70. The Kier molecular flexibility index (Phi) is 6.22. The van der Waals surface area contributed by atoms with Gasteiger partial charge in [-0.1, -0.05) is 0 Å². The summed E-state index contributed by atoms with van der Waals surface area (Å²) in [6.07, 6.45) is 0. The number of carbonyl (C=O) groups excluding carboxylic acids is 3. The normalized spacial score (nSPS) is 11.3. The van der Waals surface area contributed by atoms with Crippen LogP contribution in [-0.4, -0.2) is 35.5 Å². The summed E-state index contributed by atoms with van der Waals surface area (Å²) in [7, 11) is 0. The van der Waals surface area contributed by atoms with Crippen LogP contribution < -0.4 is 16.4 Å². The lowest BCUT2D eigenvalue weighted by Crippen LogP contribution is -2.43. The van der Waals surface area contributed by atoms with Gasteiger partial charge in [0.25, 0.3) is 11.6 Å². The van der Waals surface area contributed by atoms with Gasteiger partial charge in [0.05, 0.1) is 4.92 Å². The standard InChI is InChI=1S/C14H18N4O6/c1-7-4-10(11(18(22)23)5-8(7)2)17-12(19)6-24-13(20)9(3)16-14(15)21/h4-5,9H,6H2,1-3H3,(H,17,19)(H3,15,16,21). The molecule has 1 aromatic rings. The summed E-state index contributed by atoms with van der Waals surface area (Å²) in [5, 5.41) is 15.5. The van der Waals surface area contributed by atoms with Crippen molar-refractivity contribution in [3.8, 4) is 0 Å². The van der Waals surface area contributed by atoms with Crippen molar-refractivity contribution >= 4 is 29.3 Å². The molecule has 0 radical (unpaired) electrons. The number of nitrogens with one attached hydrogen (secondary N) is 2. The highest BCUT2D eigenvalue weighted by atomic mass is 16.6. The molecule has 0 spiro atoms. The number of nitro benzene ring substituents is 1. The van der Waals surface area contributed by atoms with E-state index in [-0.39, 0.29) is 11.4 Å². The Morgan fingerprint density at radius 2 is 1.88 bits per heavy atom. The molecule has 0 saturated heterocycles. The maximum atomic E-state index is 11.8. The molecule has 0 aromatic heterocycles. The van der Waals surface area contributed by atoms with Crippen molar-refractivity contribution in [2.75, 3.05) is 11.9 Å². The van der Waals surface area contributed by atoms with Gasteiger partial charge in [0.1, 0.15) is 11.7 Å². The molecule has 0 bridgehead atoms. The van der Waals surface area contributed by atoms with Crippen LogP contribution in [0, 0.1) is 24.0 Å². The van der Waals surface area contributed by atoms with E-state index in [1.54, 1.807) is 13.8 Å². The number of nitrogens with zero attached hydrogens (tertiary/aromatic N) is 1. The topological polar surface area (TPSA) is 154 Å². The number of hydrogen-bond donors (Lipinski definition) is 3.